The van der Waals surface area contributed by atoms with E-state index in [4.69, 9.17) is 4.74 Å². The summed E-state index contributed by atoms with van der Waals surface area (Å²) in [6, 6.07) is 11.9. The lowest BCUT2D eigenvalue weighted by Gasteiger charge is -2.18. The van der Waals surface area contributed by atoms with Crippen LogP contribution in [0.2, 0.25) is 0 Å². The summed E-state index contributed by atoms with van der Waals surface area (Å²) < 4.78 is 44.3. The second-order valence-corrected chi connectivity index (χ2v) is 5.06. The SMILES string of the molecule is Cc1ccccc1O[C@H](C)C(=O)Nc1ccccc1C(F)(F)F. The third kappa shape index (κ3) is 4.25. The van der Waals surface area contributed by atoms with Gasteiger partial charge < -0.3 is 10.1 Å². The normalized spacial score (nSPS) is 12.6. The van der Waals surface area contributed by atoms with E-state index in [9.17, 15) is 18.0 Å². The van der Waals surface area contributed by atoms with Crippen molar-refractivity contribution in [2.75, 3.05) is 5.32 Å². The van der Waals surface area contributed by atoms with Crippen LogP contribution in [0.3, 0.4) is 0 Å². The molecule has 2 aromatic rings. The number of rotatable bonds is 4. The Hall–Kier alpha value is -2.50. The molecular formula is C17H16F3NO2. The van der Waals surface area contributed by atoms with Crippen molar-refractivity contribution in [2.45, 2.75) is 26.1 Å². The van der Waals surface area contributed by atoms with Crippen LogP contribution in [0.1, 0.15) is 18.1 Å². The molecule has 2 rings (SSSR count). The fraction of sp³-hybridized carbons (Fsp3) is 0.235. The molecule has 0 aliphatic carbocycles. The van der Waals surface area contributed by atoms with Gasteiger partial charge in [-0.2, -0.15) is 13.2 Å². The molecule has 3 nitrogen and oxygen atoms in total. The molecule has 1 atom stereocenters. The molecule has 0 spiro atoms. The zero-order valence-electron chi connectivity index (χ0n) is 12.6. The highest BCUT2D eigenvalue weighted by molar-refractivity contribution is 5.94. The minimum absolute atomic E-state index is 0.287. The molecule has 0 heterocycles. The van der Waals surface area contributed by atoms with Crippen LogP contribution in [0, 0.1) is 6.92 Å². The molecule has 6 heteroatoms. The number of aryl methyl sites for hydroxylation is 1. The lowest BCUT2D eigenvalue weighted by atomic mass is 10.1. The van der Waals surface area contributed by atoms with Crippen molar-refractivity contribution in [3.63, 3.8) is 0 Å². The maximum absolute atomic E-state index is 12.9. The predicted octanol–water partition coefficient (Wildman–Crippen LogP) is 4.42. The lowest BCUT2D eigenvalue weighted by Crippen LogP contribution is -2.31. The average molecular weight is 323 g/mol. The second-order valence-electron chi connectivity index (χ2n) is 5.06. The molecule has 0 bridgehead atoms. The number of hydrogen-bond donors (Lipinski definition) is 1. The third-order valence-electron chi connectivity index (χ3n) is 3.26. The molecule has 122 valence electrons. The molecule has 0 unspecified atom stereocenters. The zero-order valence-corrected chi connectivity index (χ0v) is 12.6. The molecular weight excluding hydrogens is 307 g/mol. The van der Waals surface area contributed by atoms with Gasteiger partial charge in [0.15, 0.2) is 6.10 Å². The number of carbonyl (C=O) groups excluding carboxylic acids is 1. The summed E-state index contributed by atoms with van der Waals surface area (Å²) in [5.41, 5.74) is -0.343. The Morgan fingerprint density at radius 2 is 1.70 bits per heavy atom. The monoisotopic (exact) mass is 323 g/mol. The van der Waals surface area contributed by atoms with Crippen molar-refractivity contribution < 1.29 is 22.7 Å². The van der Waals surface area contributed by atoms with Crippen LogP contribution in [-0.2, 0) is 11.0 Å². The van der Waals surface area contributed by atoms with Gasteiger partial charge >= 0.3 is 6.18 Å². The average Bonchev–Trinajstić information content (AvgIpc) is 2.49. The van der Waals surface area contributed by atoms with Crippen molar-refractivity contribution in [3.8, 4) is 5.75 Å². The fourth-order valence-corrected chi connectivity index (χ4v) is 2.01. The highest BCUT2D eigenvalue weighted by Crippen LogP contribution is 2.34. The van der Waals surface area contributed by atoms with Gasteiger partial charge in [-0.05, 0) is 37.6 Å². The number of amides is 1. The predicted molar refractivity (Wildman–Crippen MR) is 81.3 cm³/mol. The maximum Gasteiger partial charge on any atom is 0.418 e. The van der Waals surface area contributed by atoms with E-state index in [0.29, 0.717) is 5.75 Å². The Morgan fingerprint density at radius 1 is 1.09 bits per heavy atom. The summed E-state index contributed by atoms with van der Waals surface area (Å²) in [7, 11) is 0. The van der Waals surface area contributed by atoms with E-state index < -0.39 is 23.8 Å². The Morgan fingerprint density at radius 3 is 2.35 bits per heavy atom. The van der Waals surface area contributed by atoms with Gasteiger partial charge in [-0.1, -0.05) is 30.3 Å². The van der Waals surface area contributed by atoms with Gasteiger partial charge in [0.25, 0.3) is 5.91 Å². The first kappa shape index (κ1) is 16.9. The van der Waals surface area contributed by atoms with Crippen LogP contribution in [0.15, 0.2) is 48.5 Å². The number of ether oxygens (including phenoxy) is 1. The van der Waals surface area contributed by atoms with Crippen LogP contribution in [-0.4, -0.2) is 12.0 Å². The van der Waals surface area contributed by atoms with E-state index >= 15 is 0 Å². The van der Waals surface area contributed by atoms with Gasteiger partial charge in [-0.3, -0.25) is 4.79 Å². The first-order chi connectivity index (χ1) is 10.8. The van der Waals surface area contributed by atoms with E-state index in [1.165, 1.54) is 25.1 Å². The van der Waals surface area contributed by atoms with Crippen LogP contribution in [0.25, 0.3) is 0 Å². The van der Waals surface area contributed by atoms with Crippen LogP contribution in [0.5, 0.6) is 5.75 Å². The number of benzene rings is 2. The van der Waals surface area contributed by atoms with E-state index in [-0.39, 0.29) is 5.69 Å². The molecule has 0 aliphatic heterocycles. The Kier molecular flexibility index (Phi) is 4.93. The number of anilines is 1. The standard InChI is InChI=1S/C17H16F3NO2/c1-11-7-3-6-10-15(11)23-12(2)16(22)21-14-9-5-4-8-13(14)17(18,19)20/h3-10,12H,1-2H3,(H,21,22)/t12-/m1/s1. The van der Waals surface area contributed by atoms with E-state index in [1.807, 2.05) is 19.1 Å². The van der Waals surface area contributed by atoms with Crippen LogP contribution in [0.4, 0.5) is 18.9 Å². The van der Waals surface area contributed by atoms with E-state index in [0.717, 1.165) is 11.6 Å². The van der Waals surface area contributed by atoms with Crippen molar-refractivity contribution in [3.05, 3.63) is 59.7 Å². The summed E-state index contributed by atoms with van der Waals surface area (Å²) in [5.74, 6) is -0.135. The van der Waals surface area contributed by atoms with Gasteiger partial charge in [-0.15, -0.1) is 0 Å². The number of hydrogen-bond acceptors (Lipinski definition) is 2. The second kappa shape index (κ2) is 6.73. The van der Waals surface area contributed by atoms with Crippen molar-refractivity contribution in [1.29, 1.82) is 0 Å². The van der Waals surface area contributed by atoms with Gasteiger partial charge in [0.1, 0.15) is 5.75 Å². The number of alkyl halides is 3. The molecule has 1 amide bonds. The number of nitrogens with one attached hydrogen (secondary N) is 1. The molecule has 0 aromatic heterocycles. The highest BCUT2D eigenvalue weighted by Gasteiger charge is 2.34. The molecule has 0 radical (unpaired) electrons. The molecule has 1 N–H and O–H groups in total. The quantitative estimate of drug-likeness (QED) is 0.904. The fourth-order valence-electron chi connectivity index (χ4n) is 2.01. The van der Waals surface area contributed by atoms with Crippen molar-refractivity contribution in [2.24, 2.45) is 0 Å². The molecule has 0 fully saturated rings. The lowest BCUT2D eigenvalue weighted by molar-refractivity contribution is -0.137. The molecule has 2 aromatic carbocycles. The Bertz CT molecular complexity index is 698. The minimum atomic E-state index is -4.54. The first-order valence-electron chi connectivity index (χ1n) is 6.98. The van der Waals surface area contributed by atoms with Gasteiger partial charge in [0, 0.05) is 0 Å². The Balaban J connectivity index is 2.12. The molecule has 0 saturated carbocycles. The first-order valence-corrected chi connectivity index (χ1v) is 6.98. The van der Waals surface area contributed by atoms with E-state index in [2.05, 4.69) is 5.32 Å². The molecule has 0 aliphatic rings. The molecule has 23 heavy (non-hydrogen) atoms. The summed E-state index contributed by atoms with van der Waals surface area (Å²) in [5, 5.41) is 2.27. The summed E-state index contributed by atoms with van der Waals surface area (Å²) in [6.07, 6.45) is -5.47. The largest absolute Gasteiger partial charge is 0.481 e. The summed E-state index contributed by atoms with van der Waals surface area (Å²) in [6.45, 7) is 3.30. The highest BCUT2D eigenvalue weighted by atomic mass is 19.4. The Labute approximate surface area is 132 Å². The van der Waals surface area contributed by atoms with Crippen molar-refractivity contribution >= 4 is 11.6 Å². The van der Waals surface area contributed by atoms with E-state index in [1.54, 1.807) is 12.1 Å². The number of para-hydroxylation sites is 2. The maximum atomic E-state index is 12.9. The minimum Gasteiger partial charge on any atom is -0.481 e. The summed E-state index contributed by atoms with van der Waals surface area (Å²) in [4.78, 5) is 12.1. The third-order valence-corrected chi connectivity index (χ3v) is 3.26. The van der Waals surface area contributed by atoms with Crippen LogP contribution < -0.4 is 10.1 Å². The zero-order chi connectivity index (χ0) is 17.0. The number of halogens is 3. The van der Waals surface area contributed by atoms with Gasteiger partial charge in [0.05, 0.1) is 11.3 Å². The number of carbonyl (C=O) groups is 1. The van der Waals surface area contributed by atoms with Crippen molar-refractivity contribution in [1.82, 2.24) is 0 Å². The smallest absolute Gasteiger partial charge is 0.418 e. The van der Waals surface area contributed by atoms with Crippen LogP contribution >= 0.6 is 0 Å². The van der Waals surface area contributed by atoms with Gasteiger partial charge in [-0.25, -0.2) is 0 Å². The topological polar surface area (TPSA) is 38.3 Å². The summed E-state index contributed by atoms with van der Waals surface area (Å²) >= 11 is 0. The van der Waals surface area contributed by atoms with Gasteiger partial charge in [0.2, 0.25) is 0 Å². The molecule has 0 saturated heterocycles.